The Hall–Kier alpha value is -0.900. The molecule has 1 aliphatic rings. The number of nitro groups is 1. The van der Waals surface area contributed by atoms with Crippen LogP contribution in [0.25, 0.3) is 0 Å². The van der Waals surface area contributed by atoms with Crippen LogP contribution in [0, 0.1) is 10.1 Å². The number of rotatable bonds is 1. The smallest absolute Gasteiger partial charge is 0.258 e. The van der Waals surface area contributed by atoms with E-state index in [0.29, 0.717) is 0 Å². The molecule has 0 saturated carbocycles. The SMILES string of the molecule is Br.O=[N+]([O-])c1cccc2c1C2. The summed E-state index contributed by atoms with van der Waals surface area (Å²) in [4.78, 5) is 9.93. The van der Waals surface area contributed by atoms with Crippen LogP contribution in [0.15, 0.2) is 18.2 Å². The molecule has 4 heteroatoms. The van der Waals surface area contributed by atoms with Gasteiger partial charge in [0.2, 0.25) is 0 Å². The first-order valence-corrected chi connectivity index (χ1v) is 3.04. The summed E-state index contributed by atoms with van der Waals surface area (Å²) in [5.41, 5.74) is 2.30. The van der Waals surface area contributed by atoms with Crippen LogP contribution in [-0.2, 0) is 6.42 Å². The van der Waals surface area contributed by atoms with Crippen LogP contribution in [0.5, 0.6) is 0 Å². The number of hydrogen-bond donors (Lipinski definition) is 0. The van der Waals surface area contributed by atoms with E-state index in [1.807, 2.05) is 6.07 Å². The second kappa shape index (κ2) is 2.62. The summed E-state index contributed by atoms with van der Waals surface area (Å²) in [6.45, 7) is 0. The van der Waals surface area contributed by atoms with Crippen molar-refractivity contribution in [3.05, 3.63) is 39.4 Å². The molecule has 58 valence electrons. The van der Waals surface area contributed by atoms with Crippen LogP contribution < -0.4 is 0 Å². The lowest BCUT2D eigenvalue weighted by Gasteiger charge is -1.85. The van der Waals surface area contributed by atoms with Crippen molar-refractivity contribution in [1.29, 1.82) is 0 Å². The Kier molecular flexibility index (Phi) is 1.95. The van der Waals surface area contributed by atoms with Crippen molar-refractivity contribution >= 4 is 22.7 Å². The maximum absolute atomic E-state index is 10.3. The van der Waals surface area contributed by atoms with Crippen molar-refractivity contribution in [3.63, 3.8) is 0 Å². The quantitative estimate of drug-likeness (QED) is 0.540. The number of fused-ring (bicyclic) bond motifs is 1. The van der Waals surface area contributed by atoms with Gasteiger partial charge in [0.25, 0.3) is 5.69 Å². The van der Waals surface area contributed by atoms with E-state index >= 15 is 0 Å². The van der Waals surface area contributed by atoms with Gasteiger partial charge in [-0.15, -0.1) is 17.0 Å². The van der Waals surface area contributed by atoms with Crippen LogP contribution in [0.2, 0.25) is 0 Å². The molecule has 0 heterocycles. The molecule has 0 radical (unpaired) electrons. The van der Waals surface area contributed by atoms with Gasteiger partial charge in [-0.05, 0) is 5.56 Å². The van der Waals surface area contributed by atoms with Crippen LogP contribution in [0.3, 0.4) is 0 Å². The molecule has 0 bridgehead atoms. The maximum Gasteiger partial charge on any atom is 0.273 e. The Bertz CT molecular complexity index is 311. The summed E-state index contributed by atoms with van der Waals surface area (Å²) in [5, 5.41) is 10.3. The van der Waals surface area contributed by atoms with Gasteiger partial charge in [-0.25, -0.2) is 0 Å². The lowest BCUT2D eigenvalue weighted by molar-refractivity contribution is -0.385. The third-order valence-corrected chi connectivity index (χ3v) is 1.69. The maximum atomic E-state index is 10.3. The molecule has 0 amide bonds. The second-order valence-corrected chi connectivity index (χ2v) is 2.35. The van der Waals surface area contributed by atoms with Gasteiger partial charge >= 0.3 is 0 Å². The van der Waals surface area contributed by atoms with Crippen molar-refractivity contribution in [1.82, 2.24) is 0 Å². The Morgan fingerprint density at radius 3 is 2.73 bits per heavy atom. The molecule has 1 aromatic rings. The minimum atomic E-state index is -0.328. The van der Waals surface area contributed by atoms with Gasteiger partial charge in [0.05, 0.1) is 4.92 Å². The van der Waals surface area contributed by atoms with Crippen LogP contribution >= 0.6 is 17.0 Å². The fourth-order valence-electron chi connectivity index (χ4n) is 1.09. The molecular formula is C7H6BrNO2. The van der Waals surface area contributed by atoms with Crippen molar-refractivity contribution in [2.75, 3.05) is 0 Å². The molecule has 0 N–H and O–H groups in total. The molecule has 3 nitrogen and oxygen atoms in total. The first kappa shape index (κ1) is 8.20. The molecule has 2 rings (SSSR count). The zero-order chi connectivity index (χ0) is 7.14. The normalized spacial score (nSPS) is 11.3. The molecular weight excluding hydrogens is 210 g/mol. The lowest BCUT2D eigenvalue weighted by Crippen LogP contribution is -1.85. The first-order valence-electron chi connectivity index (χ1n) is 3.04. The zero-order valence-electron chi connectivity index (χ0n) is 5.61. The van der Waals surface area contributed by atoms with E-state index < -0.39 is 0 Å². The average molecular weight is 216 g/mol. The van der Waals surface area contributed by atoms with Gasteiger partial charge in [-0.2, -0.15) is 0 Å². The van der Waals surface area contributed by atoms with Crippen molar-refractivity contribution in [2.24, 2.45) is 0 Å². The highest BCUT2D eigenvalue weighted by Crippen LogP contribution is 2.35. The summed E-state index contributed by atoms with van der Waals surface area (Å²) in [5.74, 6) is 0. The van der Waals surface area contributed by atoms with E-state index in [1.54, 1.807) is 12.1 Å². The number of nitro benzene ring substituents is 1. The van der Waals surface area contributed by atoms with Crippen LogP contribution in [0.1, 0.15) is 11.1 Å². The topological polar surface area (TPSA) is 43.1 Å². The molecule has 0 aromatic heterocycles. The standard InChI is InChI=1S/C7H5NO2.BrH/c9-8(10)7-3-1-2-5-4-6(5)7;/h1-3H,4H2;1H. The average Bonchev–Trinajstić information content (AvgIpc) is 2.63. The van der Waals surface area contributed by atoms with E-state index in [0.717, 1.165) is 17.5 Å². The van der Waals surface area contributed by atoms with E-state index in [9.17, 15) is 10.1 Å². The molecule has 11 heavy (non-hydrogen) atoms. The zero-order valence-corrected chi connectivity index (χ0v) is 7.32. The number of halogens is 1. The Morgan fingerprint density at radius 1 is 1.45 bits per heavy atom. The molecule has 1 aromatic carbocycles. The molecule has 0 saturated heterocycles. The minimum absolute atomic E-state index is 0. The third kappa shape index (κ3) is 1.26. The Labute approximate surface area is 74.0 Å². The molecule has 0 atom stereocenters. The number of nitrogens with zero attached hydrogens (tertiary/aromatic N) is 1. The summed E-state index contributed by atoms with van der Waals surface area (Å²) >= 11 is 0. The highest BCUT2D eigenvalue weighted by molar-refractivity contribution is 8.93. The van der Waals surface area contributed by atoms with Gasteiger partial charge in [0.1, 0.15) is 0 Å². The van der Waals surface area contributed by atoms with E-state index in [2.05, 4.69) is 0 Å². The monoisotopic (exact) mass is 215 g/mol. The molecule has 0 aliphatic heterocycles. The summed E-state index contributed by atoms with van der Waals surface area (Å²) in [6.07, 6.45) is 0.809. The number of benzene rings is 1. The van der Waals surface area contributed by atoms with E-state index in [4.69, 9.17) is 0 Å². The first-order chi connectivity index (χ1) is 4.79. The van der Waals surface area contributed by atoms with Gasteiger partial charge < -0.3 is 0 Å². The molecule has 0 fully saturated rings. The Balaban J connectivity index is 0.000000605. The predicted octanol–water partition coefficient (Wildman–Crippen LogP) is 2.08. The summed E-state index contributed by atoms with van der Waals surface area (Å²) in [6, 6.07) is 5.19. The van der Waals surface area contributed by atoms with Gasteiger partial charge in [0.15, 0.2) is 0 Å². The van der Waals surface area contributed by atoms with Crippen molar-refractivity contribution in [2.45, 2.75) is 6.42 Å². The minimum Gasteiger partial charge on any atom is -0.258 e. The largest absolute Gasteiger partial charge is 0.273 e. The molecule has 0 spiro atoms. The summed E-state index contributed by atoms with van der Waals surface area (Å²) < 4.78 is 0. The fraction of sp³-hybridized carbons (Fsp3) is 0.143. The number of hydrogen-bond acceptors (Lipinski definition) is 2. The van der Waals surface area contributed by atoms with Crippen LogP contribution in [0.4, 0.5) is 5.69 Å². The van der Waals surface area contributed by atoms with Gasteiger partial charge in [-0.3, -0.25) is 10.1 Å². The summed E-state index contributed by atoms with van der Waals surface area (Å²) in [7, 11) is 0. The fourth-order valence-corrected chi connectivity index (χ4v) is 1.09. The van der Waals surface area contributed by atoms with E-state index in [1.165, 1.54) is 0 Å². The van der Waals surface area contributed by atoms with Gasteiger partial charge in [-0.1, -0.05) is 12.1 Å². The molecule has 0 unspecified atom stereocenters. The second-order valence-electron chi connectivity index (χ2n) is 2.35. The van der Waals surface area contributed by atoms with E-state index in [-0.39, 0.29) is 27.6 Å². The molecule has 1 aliphatic carbocycles. The Morgan fingerprint density at radius 2 is 2.18 bits per heavy atom. The van der Waals surface area contributed by atoms with Crippen molar-refractivity contribution < 1.29 is 4.92 Å². The third-order valence-electron chi connectivity index (χ3n) is 1.69. The lowest BCUT2D eigenvalue weighted by atomic mass is 10.3. The van der Waals surface area contributed by atoms with Crippen LogP contribution in [-0.4, -0.2) is 4.92 Å². The van der Waals surface area contributed by atoms with Crippen molar-refractivity contribution in [3.8, 4) is 0 Å². The highest BCUT2D eigenvalue weighted by Gasteiger charge is 2.26. The van der Waals surface area contributed by atoms with Gasteiger partial charge in [0, 0.05) is 18.1 Å². The highest BCUT2D eigenvalue weighted by atomic mass is 79.9. The predicted molar refractivity (Wildman–Crippen MR) is 46.2 cm³/mol.